The molecule has 0 unspecified atom stereocenters. The van der Waals surface area contributed by atoms with Gasteiger partial charge in [0.25, 0.3) is 5.91 Å². The van der Waals surface area contributed by atoms with Crippen LogP contribution in [0.25, 0.3) is 0 Å². The van der Waals surface area contributed by atoms with Gasteiger partial charge >= 0.3 is 11.9 Å². The molecule has 2 aliphatic heterocycles. The number of fused-ring (bicyclic) bond motifs is 1. The molecule has 3 rings (SSSR count). The lowest BCUT2D eigenvalue weighted by atomic mass is 9.94. The molecule has 2 aliphatic rings. The van der Waals surface area contributed by atoms with Gasteiger partial charge in [0.05, 0.1) is 19.6 Å². The van der Waals surface area contributed by atoms with Crippen molar-refractivity contribution in [3.63, 3.8) is 0 Å². The van der Waals surface area contributed by atoms with Crippen molar-refractivity contribution in [1.82, 2.24) is 10.2 Å². The van der Waals surface area contributed by atoms with Crippen molar-refractivity contribution in [2.24, 2.45) is 0 Å². The van der Waals surface area contributed by atoms with Gasteiger partial charge in [0.1, 0.15) is 10.9 Å². The van der Waals surface area contributed by atoms with Crippen LogP contribution in [0.15, 0.2) is 40.9 Å². The molecule has 26 heavy (non-hydrogen) atoms. The van der Waals surface area contributed by atoms with Gasteiger partial charge in [-0.2, -0.15) is 0 Å². The van der Waals surface area contributed by atoms with E-state index in [0.717, 1.165) is 29.3 Å². The fourth-order valence-corrected chi connectivity index (χ4v) is 4.15. The maximum atomic E-state index is 12.4. The van der Waals surface area contributed by atoms with Crippen molar-refractivity contribution in [3.05, 3.63) is 46.5 Å². The minimum absolute atomic E-state index is 0.112. The molecule has 136 valence electrons. The van der Waals surface area contributed by atoms with Crippen molar-refractivity contribution in [3.8, 4) is 0 Å². The van der Waals surface area contributed by atoms with Crippen LogP contribution in [0.4, 0.5) is 0 Å². The molecule has 1 aromatic rings. The number of hydrogen-bond donors (Lipinski definition) is 2. The van der Waals surface area contributed by atoms with Crippen LogP contribution < -0.4 is 5.32 Å². The Morgan fingerprint density at radius 2 is 2.00 bits per heavy atom. The molecule has 0 aliphatic carbocycles. The Labute approximate surface area is 153 Å². The maximum absolute atomic E-state index is 12.4. The highest BCUT2D eigenvalue weighted by atomic mass is 32.2. The first-order valence-corrected chi connectivity index (χ1v) is 8.77. The fraction of sp³-hybridized carbons (Fsp3) is 0.294. The van der Waals surface area contributed by atoms with Gasteiger partial charge in [-0.05, 0) is 5.56 Å². The summed E-state index contributed by atoms with van der Waals surface area (Å²) in [5.41, 5.74) is 0.419. The summed E-state index contributed by atoms with van der Waals surface area (Å²) >= 11 is 1.01. The lowest BCUT2D eigenvalue weighted by molar-refractivity contribution is -0.154. The SMILES string of the molecule is COC(=O)C1=C(C(=O)O)N2C(=O)[C@@H](NC(=O)Cc3ccccc3)[C@H]2CS1. The highest BCUT2D eigenvalue weighted by Gasteiger charge is 2.54. The number of thioether (sulfide) groups is 1. The van der Waals surface area contributed by atoms with Gasteiger partial charge in [-0.1, -0.05) is 30.3 Å². The van der Waals surface area contributed by atoms with E-state index >= 15 is 0 Å². The lowest BCUT2D eigenvalue weighted by Crippen LogP contribution is -2.72. The summed E-state index contributed by atoms with van der Waals surface area (Å²) in [7, 11) is 1.14. The van der Waals surface area contributed by atoms with Crippen LogP contribution in [-0.4, -0.2) is 58.7 Å². The van der Waals surface area contributed by atoms with Crippen molar-refractivity contribution >= 4 is 35.5 Å². The van der Waals surface area contributed by atoms with Gasteiger partial charge in [0.2, 0.25) is 5.91 Å². The Morgan fingerprint density at radius 1 is 1.31 bits per heavy atom. The van der Waals surface area contributed by atoms with Crippen molar-refractivity contribution in [2.45, 2.75) is 18.5 Å². The molecule has 8 nitrogen and oxygen atoms in total. The number of carboxylic acids is 1. The summed E-state index contributed by atoms with van der Waals surface area (Å²) in [5, 5.41) is 12.1. The highest BCUT2D eigenvalue weighted by molar-refractivity contribution is 8.04. The first-order chi connectivity index (χ1) is 12.4. The zero-order valence-electron chi connectivity index (χ0n) is 13.8. The topological polar surface area (TPSA) is 113 Å². The molecule has 0 bridgehead atoms. The van der Waals surface area contributed by atoms with Crippen LogP contribution in [-0.2, 0) is 30.3 Å². The Morgan fingerprint density at radius 3 is 2.62 bits per heavy atom. The van der Waals surface area contributed by atoms with E-state index in [0.29, 0.717) is 5.75 Å². The van der Waals surface area contributed by atoms with E-state index in [9.17, 15) is 24.3 Å². The monoisotopic (exact) mass is 376 g/mol. The van der Waals surface area contributed by atoms with Gasteiger partial charge in [-0.25, -0.2) is 9.59 Å². The molecule has 2 amide bonds. The molecule has 0 radical (unpaired) electrons. The number of benzene rings is 1. The zero-order chi connectivity index (χ0) is 18.8. The first kappa shape index (κ1) is 18.0. The summed E-state index contributed by atoms with van der Waals surface area (Å²) in [6.07, 6.45) is 0.125. The van der Waals surface area contributed by atoms with Gasteiger partial charge in [-0.15, -0.1) is 11.8 Å². The highest BCUT2D eigenvalue weighted by Crippen LogP contribution is 2.39. The van der Waals surface area contributed by atoms with E-state index < -0.39 is 35.6 Å². The molecule has 1 saturated heterocycles. The molecule has 9 heteroatoms. The van der Waals surface area contributed by atoms with E-state index in [4.69, 9.17) is 0 Å². The number of aliphatic carboxylic acids is 1. The van der Waals surface area contributed by atoms with Crippen LogP contribution in [0.5, 0.6) is 0 Å². The second-order valence-electron chi connectivity index (χ2n) is 5.77. The lowest BCUT2D eigenvalue weighted by Gasteiger charge is -2.49. The van der Waals surface area contributed by atoms with E-state index in [-0.39, 0.29) is 17.2 Å². The Kier molecular flexibility index (Phi) is 4.99. The number of β-lactam (4-membered cyclic amide) rings is 1. The molecule has 2 N–H and O–H groups in total. The molecular formula is C17H16N2O6S. The number of amides is 2. The number of hydrogen-bond acceptors (Lipinski definition) is 6. The Balaban J connectivity index is 1.73. The molecule has 1 aromatic carbocycles. The number of methoxy groups -OCH3 is 1. The van der Waals surface area contributed by atoms with E-state index in [1.165, 1.54) is 0 Å². The third kappa shape index (κ3) is 3.17. The minimum atomic E-state index is -1.38. The van der Waals surface area contributed by atoms with Crippen LogP contribution in [0.3, 0.4) is 0 Å². The third-order valence-electron chi connectivity index (χ3n) is 4.17. The average molecular weight is 376 g/mol. The second kappa shape index (κ2) is 7.20. The number of esters is 1. The van der Waals surface area contributed by atoms with Crippen LogP contribution in [0, 0.1) is 0 Å². The molecule has 2 heterocycles. The number of nitrogens with one attached hydrogen (secondary N) is 1. The summed E-state index contributed by atoms with van der Waals surface area (Å²) in [5.74, 6) is -2.75. The maximum Gasteiger partial charge on any atom is 0.354 e. The number of carbonyl (C=O) groups is 4. The number of carboxylic acid groups (broad SMARTS) is 1. The van der Waals surface area contributed by atoms with Gasteiger partial charge in [0, 0.05) is 5.75 Å². The minimum Gasteiger partial charge on any atom is -0.477 e. The third-order valence-corrected chi connectivity index (χ3v) is 5.33. The normalized spacial score (nSPS) is 21.6. The molecule has 0 spiro atoms. The fourth-order valence-electron chi connectivity index (χ4n) is 2.95. The number of nitrogens with zero attached hydrogens (tertiary/aromatic N) is 1. The number of carbonyl (C=O) groups excluding carboxylic acids is 3. The van der Waals surface area contributed by atoms with E-state index in [2.05, 4.69) is 10.1 Å². The van der Waals surface area contributed by atoms with E-state index in [1.54, 1.807) is 12.1 Å². The number of rotatable bonds is 5. The summed E-state index contributed by atoms with van der Waals surface area (Å²) in [6, 6.07) is 7.77. The van der Waals surface area contributed by atoms with Crippen molar-refractivity contribution in [1.29, 1.82) is 0 Å². The van der Waals surface area contributed by atoms with Gasteiger partial charge in [-0.3, -0.25) is 14.5 Å². The summed E-state index contributed by atoms with van der Waals surface area (Å²) < 4.78 is 4.58. The molecule has 0 aromatic heterocycles. The molecule has 2 atom stereocenters. The predicted molar refractivity (Wildman–Crippen MR) is 91.8 cm³/mol. The van der Waals surface area contributed by atoms with E-state index in [1.807, 2.05) is 18.2 Å². The standard InChI is InChI=1S/C17H16N2O6S/c1-25-17(24)14-13(16(22)23)19-10(8-26-14)12(15(19)21)18-11(20)7-9-5-3-2-4-6-9/h2-6,10,12H,7-8H2,1H3,(H,18,20)(H,22,23)/t10-,12+/m1/s1. The smallest absolute Gasteiger partial charge is 0.354 e. The average Bonchev–Trinajstić information content (AvgIpc) is 2.64. The van der Waals surface area contributed by atoms with Crippen LogP contribution >= 0.6 is 11.8 Å². The molecular weight excluding hydrogens is 360 g/mol. The van der Waals surface area contributed by atoms with Crippen LogP contribution in [0.2, 0.25) is 0 Å². The second-order valence-corrected chi connectivity index (χ2v) is 6.80. The largest absolute Gasteiger partial charge is 0.477 e. The Bertz CT molecular complexity index is 807. The summed E-state index contributed by atoms with van der Waals surface area (Å²) in [4.78, 5) is 48.8. The van der Waals surface area contributed by atoms with Crippen molar-refractivity contribution < 1.29 is 29.0 Å². The van der Waals surface area contributed by atoms with Crippen LogP contribution in [0.1, 0.15) is 5.56 Å². The van der Waals surface area contributed by atoms with Gasteiger partial charge in [0.15, 0.2) is 5.70 Å². The summed E-state index contributed by atoms with van der Waals surface area (Å²) in [6.45, 7) is 0. The van der Waals surface area contributed by atoms with Crippen molar-refractivity contribution in [2.75, 3.05) is 12.9 Å². The first-order valence-electron chi connectivity index (χ1n) is 7.79. The van der Waals surface area contributed by atoms with Gasteiger partial charge < -0.3 is 15.2 Å². The zero-order valence-corrected chi connectivity index (χ0v) is 14.6. The molecule has 0 saturated carbocycles. The number of ether oxygens (including phenoxy) is 1. The molecule has 1 fully saturated rings. The Hall–Kier alpha value is -2.81. The quantitative estimate of drug-likeness (QED) is 0.555. The predicted octanol–water partition coefficient (Wildman–Crippen LogP) is 0.141.